The Balaban J connectivity index is 2.66. The van der Waals surface area contributed by atoms with Gasteiger partial charge in [-0.3, -0.25) is 0 Å². The van der Waals surface area contributed by atoms with Crippen molar-refractivity contribution < 1.29 is 14.9 Å². The summed E-state index contributed by atoms with van der Waals surface area (Å²) in [6, 6.07) is 7.17. The van der Waals surface area contributed by atoms with Gasteiger partial charge in [-0.2, -0.15) is 0 Å². The van der Waals surface area contributed by atoms with Crippen LogP contribution in [0.25, 0.3) is 0 Å². The van der Waals surface area contributed by atoms with Crippen LogP contribution in [0, 0.1) is 0 Å². The second-order valence-corrected chi connectivity index (χ2v) is 5.02. The van der Waals surface area contributed by atoms with Crippen molar-refractivity contribution in [2.75, 3.05) is 5.33 Å². The summed E-state index contributed by atoms with van der Waals surface area (Å²) in [6.07, 6.45) is -0.942. The first-order valence-corrected chi connectivity index (χ1v) is 6.85. The lowest BCUT2D eigenvalue weighted by molar-refractivity contribution is 0.0173. The van der Waals surface area contributed by atoms with Crippen LogP contribution in [0.3, 0.4) is 0 Å². The van der Waals surface area contributed by atoms with Gasteiger partial charge in [0.05, 0.1) is 12.2 Å². The van der Waals surface area contributed by atoms with E-state index in [-0.39, 0.29) is 6.10 Å². The molecular formula is C13H19BrO3. The molecule has 0 aliphatic rings. The molecule has 0 aliphatic heterocycles. The molecule has 2 N–H and O–H groups in total. The molecule has 0 heterocycles. The highest BCUT2D eigenvalue weighted by Gasteiger charge is 2.17. The predicted octanol–water partition coefficient (Wildman–Crippen LogP) is 2.65. The van der Waals surface area contributed by atoms with Crippen LogP contribution in [0.2, 0.25) is 0 Å². The second-order valence-electron chi connectivity index (χ2n) is 4.23. The van der Waals surface area contributed by atoms with Gasteiger partial charge in [-0.25, -0.2) is 0 Å². The third-order valence-electron chi connectivity index (χ3n) is 2.36. The van der Waals surface area contributed by atoms with Crippen LogP contribution >= 0.6 is 15.9 Å². The second kappa shape index (κ2) is 6.99. The number of aliphatic hydroxyl groups excluding tert-OH is 2. The molecule has 0 amide bonds. The molecule has 0 radical (unpaired) electrons. The summed E-state index contributed by atoms with van der Waals surface area (Å²) in [7, 11) is 0. The summed E-state index contributed by atoms with van der Waals surface area (Å²) < 4.78 is 5.51. The third-order valence-corrected chi connectivity index (χ3v) is 2.82. The summed E-state index contributed by atoms with van der Waals surface area (Å²) in [6.45, 7) is 3.92. The first-order valence-electron chi connectivity index (χ1n) is 5.73. The van der Waals surface area contributed by atoms with Gasteiger partial charge in [-0.1, -0.05) is 28.1 Å². The molecule has 1 aromatic carbocycles. The van der Waals surface area contributed by atoms with Gasteiger partial charge < -0.3 is 14.9 Å². The van der Waals surface area contributed by atoms with Crippen LogP contribution < -0.4 is 4.74 Å². The predicted molar refractivity (Wildman–Crippen MR) is 71.6 cm³/mol. The van der Waals surface area contributed by atoms with Crippen LogP contribution in [-0.4, -0.2) is 27.8 Å². The van der Waals surface area contributed by atoms with Crippen molar-refractivity contribution in [3.8, 4) is 5.75 Å². The van der Waals surface area contributed by atoms with Crippen molar-refractivity contribution >= 4 is 15.9 Å². The molecular weight excluding hydrogens is 284 g/mol. The van der Waals surface area contributed by atoms with Gasteiger partial charge in [0.15, 0.2) is 0 Å². The van der Waals surface area contributed by atoms with E-state index in [0.29, 0.717) is 17.3 Å². The van der Waals surface area contributed by atoms with Gasteiger partial charge in [0.25, 0.3) is 0 Å². The van der Waals surface area contributed by atoms with Crippen molar-refractivity contribution in [2.24, 2.45) is 0 Å². The third kappa shape index (κ3) is 4.66. The zero-order valence-electron chi connectivity index (χ0n) is 10.1. The number of alkyl halides is 1. The fourth-order valence-corrected chi connectivity index (χ4v) is 1.98. The number of hydrogen-bond acceptors (Lipinski definition) is 3. The number of rotatable bonds is 6. The molecule has 17 heavy (non-hydrogen) atoms. The van der Waals surface area contributed by atoms with Crippen LogP contribution in [0.1, 0.15) is 31.9 Å². The molecule has 4 heteroatoms. The zero-order chi connectivity index (χ0) is 12.8. The van der Waals surface area contributed by atoms with Gasteiger partial charge >= 0.3 is 0 Å². The largest absolute Gasteiger partial charge is 0.491 e. The van der Waals surface area contributed by atoms with E-state index in [9.17, 15) is 10.2 Å². The first kappa shape index (κ1) is 14.5. The SMILES string of the molecule is CC(C)Oc1ccc(C(O)C(O)CCBr)cc1. The van der Waals surface area contributed by atoms with E-state index in [4.69, 9.17) is 4.74 Å². The smallest absolute Gasteiger partial charge is 0.119 e. The quantitative estimate of drug-likeness (QED) is 0.794. The molecule has 0 saturated heterocycles. The average molecular weight is 303 g/mol. The Labute approximate surface area is 111 Å². The summed E-state index contributed by atoms with van der Waals surface area (Å²) in [5.74, 6) is 0.769. The van der Waals surface area contributed by atoms with E-state index in [1.165, 1.54) is 0 Å². The minimum atomic E-state index is -0.847. The monoisotopic (exact) mass is 302 g/mol. The molecule has 0 aliphatic carbocycles. The Morgan fingerprint density at radius 2 is 1.76 bits per heavy atom. The number of benzene rings is 1. The highest BCUT2D eigenvalue weighted by Crippen LogP contribution is 2.22. The molecule has 3 nitrogen and oxygen atoms in total. The first-order chi connectivity index (χ1) is 8.04. The zero-order valence-corrected chi connectivity index (χ0v) is 11.7. The summed E-state index contributed by atoms with van der Waals surface area (Å²) in [4.78, 5) is 0. The summed E-state index contributed by atoms with van der Waals surface area (Å²) in [5, 5.41) is 20.2. The van der Waals surface area contributed by atoms with Crippen LogP contribution in [0.4, 0.5) is 0 Å². The van der Waals surface area contributed by atoms with Crippen molar-refractivity contribution in [1.29, 1.82) is 0 Å². The highest BCUT2D eigenvalue weighted by molar-refractivity contribution is 9.09. The molecule has 0 fully saturated rings. The molecule has 96 valence electrons. The molecule has 0 spiro atoms. The Morgan fingerprint density at radius 3 is 2.24 bits per heavy atom. The Kier molecular flexibility index (Phi) is 5.95. The van der Waals surface area contributed by atoms with Crippen LogP contribution in [0.15, 0.2) is 24.3 Å². The van der Waals surface area contributed by atoms with Gasteiger partial charge in [-0.05, 0) is 38.0 Å². The van der Waals surface area contributed by atoms with Gasteiger partial charge in [0, 0.05) is 5.33 Å². The molecule has 2 unspecified atom stereocenters. The van der Waals surface area contributed by atoms with E-state index >= 15 is 0 Å². The average Bonchev–Trinajstić information content (AvgIpc) is 2.28. The van der Waals surface area contributed by atoms with Crippen molar-refractivity contribution in [1.82, 2.24) is 0 Å². The number of ether oxygens (including phenoxy) is 1. The lowest BCUT2D eigenvalue weighted by Crippen LogP contribution is -2.18. The maximum absolute atomic E-state index is 9.88. The Bertz CT molecular complexity index is 324. The number of aliphatic hydroxyl groups is 2. The summed E-state index contributed by atoms with van der Waals surface area (Å²) >= 11 is 3.24. The molecule has 0 aromatic heterocycles. The van der Waals surface area contributed by atoms with E-state index in [1.54, 1.807) is 24.3 Å². The minimum absolute atomic E-state index is 0.129. The van der Waals surface area contributed by atoms with Crippen molar-refractivity contribution in [3.63, 3.8) is 0 Å². The highest BCUT2D eigenvalue weighted by atomic mass is 79.9. The normalized spacial score (nSPS) is 14.7. The lowest BCUT2D eigenvalue weighted by atomic mass is 10.0. The fraction of sp³-hybridized carbons (Fsp3) is 0.538. The van der Waals surface area contributed by atoms with Crippen LogP contribution in [-0.2, 0) is 0 Å². The number of hydrogen-bond donors (Lipinski definition) is 2. The minimum Gasteiger partial charge on any atom is -0.491 e. The number of halogens is 1. The van der Waals surface area contributed by atoms with Gasteiger partial charge in [0.1, 0.15) is 11.9 Å². The van der Waals surface area contributed by atoms with E-state index in [0.717, 1.165) is 5.75 Å². The molecule has 0 bridgehead atoms. The van der Waals surface area contributed by atoms with Crippen molar-refractivity contribution in [3.05, 3.63) is 29.8 Å². The molecule has 0 saturated carbocycles. The van der Waals surface area contributed by atoms with Gasteiger partial charge in [0.2, 0.25) is 0 Å². The standard InChI is InChI=1S/C13H19BrO3/c1-9(2)17-11-5-3-10(4-6-11)13(16)12(15)7-8-14/h3-6,9,12-13,15-16H,7-8H2,1-2H3. The summed E-state index contributed by atoms with van der Waals surface area (Å²) in [5.41, 5.74) is 0.703. The van der Waals surface area contributed by atoms with Crippen molar-refractivity contribution in [2.45, 2.75) is 38.6 Å². The molecule has 2 atom stereocenters. The maximum Gasteiger partial charge on any atom is 0.119 e. The fourth-order valence-electron chi connectivity index (χ4n) is 1.51. The molecule has 1 rings (SSSR count). The lowest BCUT2D eigenvalue weighted by Gasteiger charge is -2.18. The van der Waals surface area contributed by atoms with Crippen LogP contribution in [0.5, 0.6) is 5.75 Å². The van der Waals surface area contributed by atoms with Gasteiger partial charge in [-0.15, -0.1) is 0 Å². The topological polar surface area (TPSA) is 49.7 Å². The Morgan fingerprint density at radius 1 is 1.18 bits per heavy atom. The Hall–Kier alpha value is -0.580. The van der Waals surface area contributed by atoms with E-state index < -0.39 is 12.2 Å². The maximum atomic E-state index is 9.88. The van der Waals surface area contributed by atoms with E-state index in [2.05, 4.69) is 15.9 Å². The molecule has 1 aromatic rings. The van der Waals surface area contributed by atoms with E-state index in [1.807, 2.05) is 13.8 Å².